The largest absolute Gasteiger partial charge is 0.497 e. The smallest absolute Gasteiger partial charge is 0.318 e. The second kappa shape index (κ2) is 8.82. The number of rotatable bonds is 7. The molecule has 6 heteroatoms. The minimum absolute atomic E-state index is 0.218. The number of hydrogen-bond acceptors (Lipinski definition) is 3. The molecule has 1 aliphatic heterocycles. The number of nitrogens with zero attached hydrogens (tertiary/aromatic N) is 1. The molecule has 0 aliphatic carbocycles. The molecule has 0 bridgehead atoms. The van der Waals surface area contributed by atoms with Crippen molar-refractivity contribution in [1.29, 1.82) is 0 Å². The van der Waals surface area contributed by atoms with Gasteiger partial charge in [0.05, 0.1) is 7.11 Å². The van der Waals surface area contributed by atoms with E-state index in [0.717, 1.165) is 30.7 Å². The van der Waals surface area contributed by atoms with Gasteiger partial charge in [-0.3, -0.25) is 4.79 Å². The lowest BCUT2D eigenvalue weighted by Gasteiger charge is -2.15. The van der Waals surface area contributed by atoms with Gasteiger partial charge in [-0.25, -0.2) is 4.79 Å². The number of hydrogen-bond donors (Lipinski definition) is 2. The summed E-state index contributed by atoms with van der Waals surface area (Å²) in [6.07, 6.45) is 5.75. The summed E-state index contributed by atoms with van der Waals surface area (Å²) >= 11 is 0. The fourth-order valence-corrected chi connectivity index (χ4v) is 2.42. The fourth-order valence-electron chi connectivity index (χ4n) is 2.42. The van der Waals surface area contributed by atoms with Crippen molar-refractivity contribution in [3.05, 3.63) is 36.0 Å². The summed E-state index contributed by atoms with van der Waals surface area (Å²) in [4.78, 5) is 24.9. The number of nitrogens with one attached hydrogen (secondary N) is 2. The van der Waals surface area contributed by atoms with Crippen molar-refractivity contribution in [2.75, 3.05) is 26.7 Å². The molecule has 2 N–H and O–H groups in total. The summed E-state index contributed by atoms with van der Waals surface area (Å²) in [6, 6.07) is 7.30. The van der Waals surface area contributed by atoms with E-state index in [4.69, 9.17) is 4.74 Å². The molecule has 124 valence electrons. The molecule has 0 unspecified atom stereocenters. The standard InChI is InChI=1S/C17H23N3O3/c1-23-15-6-2-5-14(13-15)8-10-19-17(22)18-9-4-12-20-11-3-7-16(20)21/h2,5-6,8,10,13H,3-4,7,9,11-12H2,1H3,(H2,18,19,22)/b10-8+. The average Bonchev–Trinajstić information content (AvgIpc) is 2.97. The van der Waals surface area contributed by atoms with Crippen molar-refractivity contribution in [2.45, 2.75) is 19.3 Å². The molecule has 0 atom stereocenters. The maximum atomic E-state index is 11.6. The SMILES string of the molecule is COc1cccc(/C=C/NC(=O)NCCCN2CCCC2=O)c1. The summed E-state index contributed by atoms with van der Waals surface area (Å²) in [7, 11) is 1.62. The molecule has 6 nitrogen and oxygen atoms in total. The molecule has 23 heavy (non-hydrogen) atoms. The van der Waals surface area contributed by atoms with Crippen LogP contribution in [0.3, 0.4) is 0 Å². The number of amides is 3. The lowest BCUT2D eigenvalue weighted by atomic mass is 10.2. The van der Waals surface area contributed by atoms with Crippen molar-refractivity contribution >= 4 is 18.0 Å². The van der Waals surface area contributed by atoms with Gasteiger partial charge in [-0.1, -0.05) is 12.1 Å². The summed E-state index contributed by atoms with van der Waals surface area (Å²) in [5.74, 6) is 0.990. The van der Waals surface area contributed by atoms with Crippen LogP contribution < -0.4 is 15.4 Å². The normalized spacial score (nSPS) is 14.3. The third-order valence-corrected chi connectivity index (χ3v) is 3.65. The minimum atomic E-state index is -0.253. The fraction of sp³-hybridized carbons (Fsp3) is 0.412. The molecule has 0 aromatic heterocycles. The van der Waals surface area contributed by atoms with E-state index in [1.54, 1.807) is 19.4 Å². The van der Waals surface area contributed by atoms with E-state index in [-0.39, 0.29) is 11.9 Å². The molecule has 0 spiro atoms. The predicted molar refractivity (Wildman–Crippen MR) is 89.0 cm³/mol. The summed E-state index contributed by atoms with van der Waals surface area (Å²) in [5.41, 5.74) is 0.942. The van der Waals surface area contributed by atoms with Crippen LogP contribution in [0.15, 0.2) is 30.5 Å². The molecule has 3 amide bonds. The van der Waals surface area contributed by atoms with Crippen LogP contribution in [0.25, 0.3) is 6.08 Å². The van der Waals surface area contributed by atoms with Crippen molar-refractivity contribution in [3.8, 4) is 5.75 Å². The molecule has 0 radical (unpaired) electrons. The molecule has 1 aromatic carbocycles. The van der Waals surface area contributed by atoms with Crippen LogP contribution in [0, 0.1) is 0 Å². The van der Waals surface area contributed by atoms with E-state index in [9.17, 15) is 9.59 Å². The Bertz CT molecular complexity index is 572. The van der Waals surface area contributed by atoms with Crippen molar-refractivity contribution in [1.82, 2.24) is 15.5 Å². The maximum Gasteiger partial charge on any atom is 0.318 e. The molecule has 0 saturated carbocycles. The Kier molecular flexibility index (Phi) is 6.47. The molecular weight excluding hydrogens is 294 g/mol. The molecule has 1 fully saturated rings. The maximum absolute atomic E-state index is 11.6. The number of methoxy groups -OCH3 is 1. The highest BCUT2D eigenvalue weighted by Crippen LogP contribution is 2.13. The quantitative estimate of drug-likeness (QED) is 0.756. The van der Waals surface area contributed by atoms with Gasteiger partial charge in [-0.15, -0.1) is 0 Å². The van der Waals surface area contributed by atoms with Crippen LogP contribution in [-0.4, -0.2) is 43.6 Å². The molecular formula is C17H23N3O3. The van der Waals surface area contributed by atoms with Crippen molar-refractivity contribution < 1.29 is 14.3 Å². The van der Waals surface area contributed by atoms with Crippen LogP contribution in [0.4, 0.5) is 4.79 Å². The number of carbonyl (C=O) groups is 2. The second-order valence-corrected chi connectivity index (χ2v) is 5.35. The van der Waals surface area contributed by atoms with Crippen LogP contribution in [0.5, 0.6) is 5.75 Å². The highest BCUT2D eigenvalue weighted by Gasteiger charge is 2.18. The highest BCUT2D eigenvalue weighted by molar-refractivity contribution is 5.78. The number of likely N-dealkylation sites (tertiary alicyclic amines) is 1. The highest BCUT2D eigenvalue weighted by atomic mass is 16.5. The van der Waals surface area contributed by atoms with Crippen LogP contribution in [0.2, 0.25) is 0 Å². The summed E-state index contributed by atoms with van der Waals surface area (Å²) in [5, 5.41) is 5.42. The Balaban J connectivity index is 1.62. The van der Waals surface area contributed by atoms with Gasteiger partial charge >= 0.3 is 6.03 Å². The Morgan fingerprint density at radius 1 is 1.43 bits per heavy atom. The third-order valence-electron chi connectivity index (χ3n) is 3.65. The van der Waals surface area contributed by atoms with Crippen molar-refractivity contribution in [3.63, 3.8) is 0 Å². The minimum Gasteiger partial charge on any atom is -0.497 e. The van der Waals surface area contributed by atoms with Gasteiger partial charge in [0, 0.05) is 32.3 Å². The average molecular weight is 317 g/mol. The molecule has 1 heterocycles. The van der Waals surface area contributed by atoms with E-state index in [2.05, 4.69) is 10.6 Å². The van der Waals surface area contributed by atoms with Gasteiger partial charge in [0.15, 0.2) is 0 Å². The van der Waals surface area contributed by atoms with Crippen LogP contribution in [0.1, 0.15) is 24.8 Å². The number of ether oxygens (including phenoxy) is 1. The van der Waals surface area contributed by atoms with E-state index in [0.29, 0.717) is 19.5 Å². The number of carbonyl (C=O) groups excluding carboxylic acids is 2. The summed E-state index contributed by atoms with van der Waals surface area (Å²) < 4.78 is 5.14. The van der Waals surface area contributed by atoms with E-state index in [1.807, 2.05) is 29.2 Å². The molecule has 1 saturated heterocycles. The predicted octanol–water partition coefficient (Wildman–Crippen LogP) is 1.98. The first kappa shape index (κ1) is 16.9. The lowest BCUT2D eigenvalue weighted by Crippen LogP contribution is -2.35. The number of urea groups is 1. The van der Waals surface area contributed by atoms with E-state index >= 15 is 0 Å². The Morgan fingerprint density at radius 3 is 3.04 bits per heavy atom. The molecule has 2 rings (SSSR count). The monoisotopic (exact) mass is 317 g/mol. The Morgan fingerprint density at radius 2 is 2.30 bits per heavy atom. The summed E-state index contributed by atoms with van der Waals surface area (Å²) in [6.45, 7) is 2.09. The Labute approximate surface area is 136 Å². The zero-order valence-electron chi connectivity index (χ0n) is 13.4. The topological polar surface area (TPSA) is 70.7 Å². The van der Waals surface area contributed by atoms with Gasteiger partial charge < -0.3 is 20.3 Å². The van der Waals surface area contributed by atoms with Gasteiger partial charge in [-0.2, -0.15) is 0 Å². The Hall–Kier alpha value is -2.50. The first-order valence-corrected chi connectivity index (χ1v) is 7.82. The van der Waals surface area contributed by atoms with Gasteiger partial charge in [0.2, 0.25) is 5.91 Å². The third kappa shape index (κ3) is 5.65. The zero-order valence-corrected chi connectivity index (χ0v) is 13.4. The van der Waals surface area contributed by atoms with Crippen LogP contribution >= 0.6 is 0 Å². The molecule has 1 aliphatic rings. The zero-order chi connectivity index (χ0) is 16.5. The first-order valence-electron chi connectivity index (χ1n) is 7.82. The van der Waals surface area contributed by atoms with E-state index in [1.165, 1.54) is 0 Å². The number of benzene rings is 1. The molecule has 1 aromatic rings. The van der Waals surface area contributed by atoms with E-state index < -0.39 is 0 Å². The van der Waals surface area contributed by atoms with Gasteiger partial charge in [0.25, 0.3) is 0 Å². The van der Waals surface area contributed by atoms with Crippen LogP contribution in [-0.2, 0) is 4.79 Å². The van der Waals surface area contributed by atoms with Gasteiger partial charge in [-0.05, 0) is 36.6 Å². The second-order valence-electron chi connectivity index (χ2n) is 5.35. The van der Waals surface area contributed by atoms with Gasteiger partial charge in [0.1, 0.15) is 5.75 Å². The van der Waals surface area contributed by atoms with Crippen molar-refractivity contribution in [2.24, 2.45) is 0 Å². The first-order chi connectivity index (χ1) is 11.2. The lowest BCUT2D eigenvalue weighted by molar-refractivity contribution is -0.127.